The highest BCUT2D eigenvalue weighted by Gasteiger charge is 2.22. The Labute approximate surface area is 171 Å². The van der Waals surface area contributed by atoms with Crippen LogP contribution in [0.15, 0.2) is 41.5 Å². The van der Waals surface area contributed by atoms with Crippen molar-refractivity contribution in [2.24, 2.45) is 10.9 Å². The molecule has 1 aromatic carbocycles. The van der Waals surface area contributed by atoms with Crippen molar-refractivity contribution < 1.29 is 14.2 Å². The van der Waals surface area contributed by atoms with Gasteiger partial charge in [0.05, 0.1) is 13.2 Å². The number of aromatic nitrogens is 1. The summed E-state index contributed by atoms with van der Waals surface area (Å²) in [4.78, 5) is 9.03. The van der Waals surface area contributed by atoms with Gasteiger partial charge in [-0.2, -0.15) is 0 Å². The van der Waals surface area contributed by atoms with E-state index in [0.29, 0.717) is 19.2 Å². The van der Waals surface area contributed by atoms with E-state index in [0.717, 1.165) is 55.1 Å². The van der Waals surface area contributed by atoms with E-state index in [1.165, 1.54) is 18.4 Å². The second-order valence-corrected chi connectivity index (χ2v) is 7.32. The molecule has 2 aliphatic rings. The van der Waals surface area contributed by atoms with E-state index in [9.17, 15) is 0 Å². The summed E-state index contributed by atoms with van der Waals surface area (Å²) in [6, 6.07) is 10.0. The van der Waals surface area contributed by atoms with Crippen LogP contribution in [0.5, 0.6) is 17.4 Å². The first kappa shape index (κ1) is 19.4. The van der Waals surface area contributed by atoms with Gasteiger partial charge in [-0.15, -0.1) is 0 Å². The van der Waals surface area contributed by atoms with Crippen LogP contribution in [0.2, 0.25) is 0 Å². The molecule has 1 aliphatic carbocycles. The Bertz CT molecular complexity index is 834. The second kappa shape index (κ2) is 9.49. The number of nitrogens with zero attached hydrogens (tertiary/aromatic N) is 2. The first-order chi connectivity index (χ1) is 14.3. The minimum atomic E-state index is 0.302. The first-order valence-electron chi connectivity index (χ1n) is 10.3. The Morgan fingerprint density at radius 3 is 2.79 bits per heavy atom. The number of ether oxygens (including phenoxy) is 3. The van der Waals surface area contributed by atoms with E-state index in [4.69, 9.17) is 14.2 Å². The fourth-order valence-electron chi connectivity index (χ4n) is 3.01. The van der Waals surface area contributed by atoms with E-state index in [1.807, 2.05) is 30.5 Å². The normalized spacial score (nSPS) is 15.3. The lowest BCUT2D eigenvalue weighted by Gasteiger charge is -2.11. The molecule has 4 rings (SSSR count). The molecule has 0 bridgehead atoms. The molecule has 7 heteroatoms. The van der Waals surface area contributed by atoms with Gasteiger partial charge in [0.1, 0.15) is 0 Å². The zero-order valence-corrected chi connectivity index (χ0v) is 16.8. The minimum Gasteiger partial charge on any atom is -0.477 e. The van der Waals surface area contributed by atoms with E-state index in [2.05, 4.69) is 33.6 Å². The topological polar surface area (TPSA) is 77.0 Å². The van der Waals surface area contributed by atoms with Gasteiger partial charge in [0.25, 0.3) is 0 Å². The molecule has 1 aliphatic heterocycles. The van der Waals surface area contributed by atoms with Gasteiger partial charge in [-0.1, -0.05) is 12.1 Å². The van der Waals surface area contributed by atoms with Crippen LogP contribution in [0.25, 0.3) is 0 Å². The van der Waals surface area contributed by atoms with Crippen molar-refractivity contribution in [3.05, 3.63) is 47.7 Å². The van der Waals surface area contributed by atoms with E-state index >= 15 is 0 Å². The first-order valence-corrected chi connectivity index (χ1v) is 10.3. The number of pyridine rings is 1. The van der Waals surface area contributed by atoms with Crippen LogP contribution < -0.4 is 24.8 Å². The molecule has 1 saturated carbocycles. The summed E-state index contributed by atoms with van der Waals surface area (Å²) in [6.45, 7) is 5.29. The SMILES string of the molecule is CCNC(=NCc1ccc(OCC2CC2)nc1)NCCc1ccc2c(c1)OCO2. The van der Waals surface area contributed by atoms with Crippen LogP contribution in [-0.2, 0) is 13.0 Å². The average Bonchev–Trinajstić information content (AvgIpc) is 3.46. The van der Waals surface area contributed by atoms with Gasteiger partial charge in [0.2, 0.25) is 12.7 Å². The van der Waals surface area contributed by atoms with Crippen LogP contribution >= 0.6 is 0 Å². The van der Waals surface area contributed by atoms with Gasteiger partial charge in [-0.05, 0) is 55.4 Å². The molecular formula is C22H28N4O3. The highest BCUT2D eigenvalue weighted by Crippen LogP contribution is 2.32. The number of rotatable bonds is 9. The van der Waals surface area contributed by atoms with Crippen molar-refractivity contribution in [2.45, 2.75) is 32.7 Å². The molecule has 2 heterocycles. The van der Waals surface area contributed by atoms with E-state index < -0.39 is 0 Å². The Morgan fingerprint density at radius 1 is 1.14 bits per heavy atom. The lowest BCUT2D eigenvalue weighted by atomic mass is 10.1. The highest BCUT2D eigenvalue weighted by molar-refractivity contribution is 5.79. The molecule has 154 valence electrons. The van der Waals surface area contributed by atoms with Gasteiger partial charge in [0, 0.05) is 25.4 Å². The Kier molecular flexibility index (Phi) is 6.34. The van der Waals surface area contributed by atoms with Crippen molar-refractivity contribution >= 4 is 5.96 Å². The smallest absolute Gasteiger partial charge is 0.231 e. The van der Waals surface area contributed by atoms with Gasteiger partial charge in [0.15, 0.2) is 17.5 Å². The fourth-order valence-corrected chi connectivity index (χ4v) is 3.01. The monoisotopic (exact) mass is 396 g/mol. The quantitative estimate of drug-likeness (QED) is 0.501. The Balaban J connectivity index is 1.25. The maximum absolute atomic E-state index is 5.68. The van der Waals surface area contributed by atoms with Crippen molar-refractivity contribution in [3.63, 3.8) is 0 Å². The molecule has 2 N–H and O–H groups in total. The summed E-state index contributed by atoms with van der Waals surface area (Å²) in [5.41, 5.74) is 2.25. The number of aliphatic imine (C=N–C) groups is 1. The Hall–Kier alpha value is -2.96. The molecule has 0 unspecified atom stereocenters. The molecular weight excluding hydrogens is 368 g/mol. The lowest BCUT2D eigenvalue weighted by molar-refractivity contribution is 0.174. The molecule has 0 saturated heterocycles. The van der Waals surface area contributed by atoms with Gasteiger partial charge < -0.3 is 24.8 Å². The third-order valence-electron chi connectivity index (χ3n) is 4.87. The largest absolute Gasteiger partial charge is 0.477 e. The average molecular weight is 396 g/mol. The maximum Gasteiger partial charge on any atom is 0.231 e. The number of hydrogen-bond acceptors (Lipinski definition) is 5. The van der Waals surface area contributed by atoms with Crippen LogP contribution in [0.4, 0.5) is 0 Å². The van der Waals surface area contributed by atoms with Crippen molar-refractivity contribution in [3.8, 4) is 17.4 Å². The zero-order chi connectivity index (χ0) is 19.9. The summed E-state index contributed by atoms with van der Waals surface area (Å²) < 4.78 is 16.5. The predicted molar refractivity (Wildman–Crippen MR) is 112 cm³/mol. The van der Waals surface area contributed by atoms with Crippen LogP contribution in [0.1, 0.15) is 30.9 Å². The Morgan fingerprint density at radius 2 is 2.00 bits per heavy atom. The molecule has 2 aromatic rings. The molecule has 0 amide bonds. The van der Waals surface area contributed by atoms with Gasteiger partial charge in [-0.3, -0.25) is 0 Å². The van der Waals surface area contributed by atoms with Crippen molar-refractivity contribution in [1.29, 1.82) is 0 Å². The number of nitrogens with one attached hydrogen (secondary N) is 2. The maximum atomic E-state index is 5.68. The predicted octanol–water partition coefficient (Wildman–Crippen LogP) is 2.90. The second-order valence-electron chi connectivity index (χ2n) is 7.32. The zero-order valence-electron chi connectivity index (χ0n) is 16.8. The minimum absolute atomic E-state index is 0.302. The molecule has 0 atom stereocenters. The van der Waals surface area contributed by atoms with Crippen LogP contribution in [0.3, 0.4) is 0 Å². The number of hydrogen-bond donors (Lipinski definition) is 2. The number of guanidine groups is 1. The summed E-state index contributed by atoms with van der Waals surface area (Å²) >= 11 is 0. The number of fused-ring (bicyclic) bond motifs is 1. The van der Waals surface area contributed by atoms with Gasteiger partial charge in [-0.25, -0.2) is 9.98 Å². The lowest BCUT2D eigenvalue weighted by Crippen LogP contribution is -2.38. The molecule has 29 heavy (non-hydrogen) atoms. The van der Waals surface area contributed by atoms with E-state index in [-0.39, 0.29) is 0 Å². The third kappa shape index (κ3) is 5.76. The van der Waals surface area contributed by atoms with Gasteiger partial charge >= 0.3 is 0 Å². The third-order valence-corrected chi connectivity index (χ3v) is 4.87. The summed E-state index contributed by atoms with van der Waals surface area (Å²) in [6.07, 6.45) is 5.26. The summed E-state index contributed by atoms with van der Waals surface area (Å²) in [5.74, 6) is 3.85. The van der Waals surface area contributed by atoms with E-state index in [1.54, 1.807) is 0 Å². The van der Waals surface area contributed by atoms with Crippen molar-refractivity contribution in [1.82, 2.24) is 15.6 Å². The fraction of sp³-hybridized carbons (Fsp3) is 0.455. The highest BCUT2D eigenvalue weighted by atomic mass is 16.7. The van der Waals surface area contributed by atoms with Crippen molar-refractivity contribution in [2.75, 3.05) is 26.5 Å². The van der Waals surface area contributed by atoms with Crippen LogP contribution in [0, 0.1) is 5.92 Å². The molecule has 0 radical (unpaired) electrons. The molecule has 1 aromatic heterocycles. The standard InChI is InChI=1S/C22H28N4O3/c1-2-23-22(24-10-9-16-5-7-19-20(11-16)29-15-28-19)26-13-18-6-8-21(25-12-18)27-14-17-3-4-17/h5-8,11-12,17H,2-4,9-10,13-15H2,1H3,(H2,23,24,26). The summed E-state index contributed by atoms with van der Waals surface area (Å²) in [7, 11) is 0. The molecule has 7 nitrogen and oxygen atoms in total. The summed E-state index contributed by atoms with van der Waals surface area (Å²) in [5, 5.41) is 6.66. The molecule has 1 fully saturated rings. The molecule has 0 spiro atoms. The number of benzene rings is 1. The van der Waals surface area contributed by atoms with Crippen LogP contribution in [-0.4, -0.2) is 37.4 Å².